The maximum atomic E-state index is 13.8. The molecule has 2 aromatic heterocycles. The van der Waals surface area contributed by atoms with E-state index in [0.717, 1.165) is 42.4 Å². The molecule has 0 aliphatic heterocycles. The van der Waals surface area contributed by atoms with Crippen molar-refractivity contribution in [1.82, 2.24) is 19.5 Å². The summed E-state index contributed by atoms with van der Waals surface area (Å²) in [5, 5.41) is -1.28. The van der Waals surface area contributed by atoms with Crippen molar-refractivity contribution in [3.8, 4) is 5.88 Å². The number of ether oxygens (including phenoxy) is 1. The standard InChI is InChI=1S/C34H38N5O4P/c35-33-37-31-30(32(38-33)43-23-27-16-8-3-9-17-27)36-24-39(31)22-28-18-10-11-19-29(28)34(44(40,41)42,20-25-12-4-1-5-13-25)21-26-14-6-2-7-15-26/h1-9,12-17,24,28-29H,10-11,18-23H2,(H2,35,37,38)(H2,40,41,42). The van der Waals surface area contributed by atoms with E-state index in [9.17, 15) is 14.4 Å². The molecule has 1 fully saturated rings. The summed E-state index contributed by atoms with van der Waals surface area (Å²) in [6, 6.07) is 29.2. The summed E-state index contributed by atoms with van der Waals surface area (Å²) in [6.45, 7) is 0.814. The van der Waals surface area contributed by atoms with Gasteiger partial charge in [0.15, 0.2) is 11.2 Å². The zero-order chi connectivity index (χ0) is 30.6. The summed E-state index contributed by atoms with van der Waals surface area (Å²) in [5.74, 6) is 0.127. The second kappa shape index (κ2) is 12.9. The van der Waals surface area contributed by atoms with Crippen LogP contribution in [0.2, 0.25) is 0 Å². The van der Waals surface area contributed by atoms with Crippen molar-refractivity contribution in [2.24, 2.45) is 11.8 Å². The molecular weight excluding hydrogens is 573 g/mol. The van der Waals surface area contributed by atoms with E-state index in [1.54, 1.807) is 6.33 Å². The molecule has 9 nitrogen and oxygen atoms in total. The first kappa shape index (κ1) is 30.0. The molecule has 0 spiro atoms. The Morgan fingerprint density at radius 2 is 1.41 bits per heavy atom. The second-order valence-electron chi connectivity index (χ2n) is 11.9. The van der Waals surface area contributed by atoms with Gasteiger partial charge >= 0.3 is 7.60 Å². The number of nitrogens with two attached hydrogens (primary N) is 1. The van der Waals surface area contributed by atoms with Crippen LogP contribution in [0.5, 0.6) is 5.88 Å². The molecule has 10 heteroatoms. The topological polar surface area (TPSA) is 136 Å². The lowest BCUT2D eigenvalue weighted by atomic mass is 9.68. The molecule has 1 aliphatic carbocycles. The largest absolute Gasteiger partial charge is 0.471 e. The van der Waals surface area contributed by atoms with Crippen LogP contribution < -0.4 is 10.5 Å². The van der Waals surface area contributed by atoms with Crippen LogP contribution in [-0.4, -0.2) is 34.5 Å². The number of nitrogens with zero attached hydrogens (tertiary/aromatic N) is 4. The van der Waals surface area contributed by atoms with Gasteiger partial charge in [-0.1, -0.05) is 104 Å². The molecule has 2 unspecified atom stereocenters. The number of hydrogen-bond acceptors (Lipinski definition) is 6. The first-order chi connectivity index (χ1) is 21.3. The highest BCUT2D eigenvalue weighted by atomic mass is 31.2. The number of anilines is 1. The maximum absolute atomic E-state index is 13.8. The minimum absolute atomic E-state index is 0.0222. The molecular formula is C34H38N5O4P. The Hall–Kier alpha value is -4.04. The van der Waals surface area contributed by atoms with Crippen LogP contribution in [-0.2, 0) is 30.6 Å². The van der Waals surface area contributed by atoms with Crippen molar-refractivity contribution < 1.29 is 19.1 Å². The molecule has 5 aromatic rings. The first-order valence-corrected chi connectivity index (χ1v) is 16.7. The van der Waals surface area contributed by atoms with Gasteiger partial charge in [0, 0.05) is 6.54 Å². The molecule has 2 heterocycles. The lowest BCUT2D eigenvalue weighted by Gasteiger charge is -2.47. The monoisotopic (exact) mass is 611 g/mol. The Morgan fingerprint density at radius 1 is 0.841 bits per heavy atom. The second-order valence-corrected chi connectivity index (χ2v) is 13.8. The van der Waals surface area contributed by atoms with Crippen LogP contribution >= 0.6 is 7.60 Å². The Bertz CT molecular complexity index is 1690. The predicted octanol–water partition coefficient (Wildman–Crippen LogP) is 6.20. The highest BCUT2D eigenvalue weighted by Gasteiger charge is 2.55. The molecule has 6 rings (SSSR count). The molecule has 228 valence electrons. The Kier molecular flexibility index (Phi) is 8.80. The third-order valence-corrected chi connectivity index (χ3v) is 10.8. The fourth-order valence-electron chi connectivity index (χ4n) is 6.93. The zero-order valence-corrected chi connectivity index (χ0v) is 25.5. The van der Waals surface area contributed by atoms with Crippen LogP contribution in [0.1, 0.15) is 42.4 Å². The zero-order valence-electron chi connectivity index (χ0n) is 24.6. The fraction of sp³-hybridized carbons (Fsp3) is 0.324. The molecule has 1 aliphatic rings. The number of fused-ring (bicyclic) bond motifs is 1. The lowest BCUT2D eigenvalue weighted by Crippen LogP contribution is -2.47. The third-order valence-electron chi connectivity index (χ3n) is 8.98. The molecule has 0 radical (unpaired) electrons. The number of rotatable bonds is 11. The van der Waals surface area contributed by atoms with Gasteiger partial charge in [0.2, 0.25) is 11.8 Å². The van der Waals surface area contributed by atoms with Crippen LogP contribution in [0.15, 0.2) is 97.3 Å². The van der Waals surface area contributed by atoms with Crippen LogP contribution in [0, 0.1) is 11.8 Å². The van der Waals surface area contributed by atoms with Crippen molar-refractivity contribution in [2.45, 2.75) is 56.8 Å². The van der Waals surface area contributed by atoms with Crippen molar-refractivity contribution >= 4 is 24.7 Å². The van der Waals surface area contributed by atoms with Gasteiger partial charge in [0.1, 0.15) is 6.61 Å². The van der Waals surface area contributed by atoms with Crippen molar-refractivity contribution in [3.05, 3.63) is 114 Å². The summed E-state index contributed by atoms with van der Waals surface area (Å²) in [5.41, 5.74) is 10.0. The van der Waals surface area contributed by atoms with Gasteiger partial charge in [-0.05, 0) is 54.2 Å². The van der Waals surface area contributed by atoms with Crippen molar-refractivity contribution in [1.29, 1.82) is 0 Å². The van der Waals surface area contributed by atoms with Crippen molar-refractivity contribution in [3.63, 3.8) is 0 Å². The van der Waals surface area contributed by atoms with Gasteiger partial charge < -0.3 is 24.8 Å². The average molecular weight is 612 g/mol. The van der Waals surface area contributed by atoms with Gasteiger partial charge in [-0.25, -0.2) is 4.98 Å². The van der Waals surface area contributed by atoms with Gasteiger partial charge in [-0.2, -0.15) is 9.97 Å². The minimum atomic E-state index is -4.63. The summed E-state index contributed by atoms with van der Waals surface area (Å²) in [6.07, 6.45) is 5.76. The van der Waals surface area contributed by atoms with E-state index in [4.69, 9.17) is 10.5 Å². The molecule has 0 saturated heterocycles. The molecule has 0 bridgehead atoms. The van der Waals surface area contributed by atoms with Gasteiger partial charge in [-0.3, -0.25) is 4.57 Å². The van der Waals surface area contributed by atoms with E-state index < -0.39 is 12.8 Å². The number of imidazole rings is 1. The number of hydrogen-bond donors (Lipinski definition) is 3. The predicted molar refractivity (Wildman–Crippen MR) is 171 cm³/mol. The number of nitrogen functional groups attached to an aromatic ring is 1. The minimum Gasteiger partial charge on any atom is -0.471 e. The lowest BCUT2D eigenvalue weighted by molar-refractivity contribution is 0.137. The van der Waals surface area contributed by atoms with Crippen LogP contribution in [0.4, 0.5) is 5.95 Å². The van der Waals surface area contributed by atoms with E-state index in [2.05, 4.69) is 15.0 Å². The fourth-order valence-corrected chi connectivity index (χ4v) is 8.48. The van der Waals surface area contributed by atoms with E-state index in [0.29, 0.717) is 30.2 Å². The molecule has 1 saturated carbocycles. The molecule has 3 aromatic carbocycles. The van der Waals surface area contributed by atoms with E-state index in [1.165, 1.54) is 0 Å². The van der Waals surface area contributed by atoms with Crippen LogP contribution in [0.3, 0.4) is 0 Å². The summed E-state index contributed by atoms with van der Waals surface area (Å²) in [7, 11) is -4.63. The highest BCUT2D eigenvalue weighted by molar-refractivity contribution is 7.53. The quantitative estimate of drug-likeness (QED) is 0.150. The van der Waals surface area contributed by atoms with E-state index in [-0.39, 0.29) is 30.6 Å². The number of aromatic nitrogens is 4. The highest BCUT2D eigenvalue weighted by Crippen LogP contribution is 2.62. The van der Waals surface area contributed by atoms with Crippen LogP contribution in [0.25, 0.3) is 11.2 Å². The normalized spacial score (nSPS) is 17.5. The van der Waals surface area contributed by atoms with Crippen molar-refractivity contribution in [2.75, 3.05) is 5.73 Å². The van der Waals surface area contributed by atoms with Gasteiger partial charge in [-0.15, -0.1) is 0 Å². The molecule has 2 atom stereocenters. The SMILES string of the molecule is Nc1nc(OCc2ccccc2)c2ncn(CC3CCCCC3C(Cc3ccccc3)(Cc3ccccc3)P(=O)(O)O)c2n1. The van der Waals surface area contributed by atoms with E-state index >= 15 is 0 Å². The maximum Gasteiger partial charge on any atom is 0.332 e. The Morgan fingerprint density at radius 3 is 2.00 bits per heavy atom. The van der Waals surface area contributed by atoms with Gasteiger partial charge in [0.25, 0.3) is 0 Å². The molecule has 0 amide bonds. The number of benzene rings is 3. The average Bonchev–Trinajstić information content (AvgIpc) is 3.43. The van der Waals surface area contributed by atoms with Gasteiger partial charge in [0.05, 0.1) is 11.5 Å². The molecule has 4 N–H and O–H groups in total. The third kappa shape index (κ3) is 6.41. The smallest absolute Gasteiger partial charge is 0.332 e. The first-order valence-electron chi connectivity index (χ1n) is 15.1. The summed E-state index contributed by atoms with van der Waals surface area (Å²) >= 11 is 0. The Labute approximate surface area is 257 Å². The molecule has 44 heavy (non-hydrogen) atoms. The van der Waals surface area contributed by atoms with E-state index in [1.807, 2.05) is 95.6 Å². The summed E-state index contributed by atoms with van der Waals surface area (Å²) in [4.78, 5) is 36.0. The summed E-state index contributed by atoms with van der Waals surface area (Å²) < 4.78 is 21.8. The Balaban J connectivity index is 1.36.